The second-order valence-electron chi connectivity index (χ2n) is 1.95. The molecule has 0 bridgehead atoms. The number of aliphatic hydroxyl groups excluding tert-OH is 1. The van der Waals surface area contributed by atoms with Crippen molar-refractivity contribution in [1.29, 1.82) is 0 Å². The molecule has 50 valence electrons. The summed E-state index contributed by atoms with van der Waals surface area (Å²) in [7, 11) is 0. The summed E-state index contributed by atoms with van der Waals surface area (Å²) in [5, 5.41) is 11.4. The van der Waals surface area contributed by atoms with E-state index in [1.54, 1.807) is 0 Å². The van der Waals surface area contributed by atoms with Crippen LogP contribution >= 0.6 is 12.4 Å². The highest BCUT2D eigenvalue weighted by atomic mass is 35.5. The van der Waals surface area contributed by atoms with Crippen LogP contribution in [0.4, 0.5) is 0 Å². The van der Waals surface area contributed by atoms with Crippen LogP contribution in [0.1, 0.15) is 12.8 Å². The zero-order chi connectivity index (χ0) is 5.11. The van der Waals surface area contributed by atoms with Crippen molar-refractivity contribution in [2.45, 2.75) is 18.9 Å². The fourth-order valence-electron chi connectivity index (χ4n) is 0.556. The van der Waals surface area contributed by atoms with E-state index in [1.165, 1.54) is 12.8 Å². The Morgan fingerprint density at radius 3 is 2.50 bits per heavy atom. The third-order valence-corrected chi connectivity index (χ3v) is 1.12. The van der Waals surface area contributed by atoms with Crippen molar-refractivity contribution >= 4 is 12.4 Å². The molecule has 2 nitrogen and oxygen atoms in total. The van der Waals surface area contributed by atoms with Crippen LogP contribution in [0.2, 0.25) is 0 Å². The Balaban J connectivity index is 0.000000490. The lowest BCUT2D eigenvalue weighted by molar-refractivity contribution is 0.291. The molecule has 0 aliphatic heterocycles. The molecule has 0 saturated heterocycles. The van der Waals surface area contributed by atoms with Gasteiger partial charge in [-0.25, -0.2) is 0 Å². The van der Waals surface area contributed by atoms with Crippen LogP contribution in [0.5, 0.6) is 0 Å². The van der Waals surface area contributed by atoms with Crippen molar-refractivity contribution in [3.05, 3.63) is 0 Å². The van der Waals surface area contributed by atoms with Gasteiger partial charge in [-0.1, -0.05) is 0 Å². The third kappa shape index (κ3) is 3.24. The molecule has 3 heteroatoms. The molecular formula is C5H12ClNO. The van der Waals surface area contributed by atoms with E-state index in [2.05, 4.69) is 5.32 Å². The number of aliphatic hydroxyl groups is 1. The first-order chi connectivity index (χ1) is 3.43. The van der Waals surface area contributed by atoms with Crippen LogP contribution in [0, 0.1) is 0 Å². The van der Waals surface area contributed by atoms with Gasteiger partial charge in [0.2, 0.25) is 0 Å². The summed E-state index contributed by atoms with van der Waals surface area (Å²) in [5.41, 5.74) is 0. The van der Waals surface area contributed by atoms with Gasteiger partial charge in [0, 0.05) is 12.6 Å². The number of halogens is 1. The number of hydrogen-bond acceptors (Lipinski definition) is 2. The van der Waals surface area contributed by atoms with Crippen molar-refractivity contribution in [2.75, 3.05) is 13.2 Å². The zero-order valence-electron chi connectivity index (χ0n) is 4.76. The van der Waals surface area contributed by atoms with E-state index in [0.29, 0.717) is 0 Å². The van der Waals surface area contributed by atoms with Gasteiger partial charge in [0.25, 0.3) is 0 Å². The highest BCUT2D eigenvalue weighted by Crippen LogP contribution is 2.17. The second kappa shape index (κ2) is 4.13. The number of rotatable bonds is 3. The van der Waals surface area contributed by atoms with Gasteiger partial charge in [-0.05, 0) is 12.8 Å². The maximum absolute atomic E-state index is 8.28. The molecule has 1 rings (SSSR count). The molecule has 0 radical (unpaired) electrons. The predicted molar refractivity (Wildman–Crippen MR) is 35.4 cm³/mol. The van der Waals surface area contributed by atoms with Crippen LogP contribution in [0.3, 0.4) is 0 Å². The molecular weight excluding hydrogens is 126 g/mol. The van der Waals surface area contributed by atoms with E-state index in [-0.39, 0.29) is 19.0 Å². The largest absolute Gasteiger partial charge is 0.395 e. The Bertz CT molecular complexity index is 56.4. The quantitative estimate of drug-likeness (QED) is 0.581. The highest BCUT2D eigenvalue weighted by Gasteiger charge is 2.19. The molecule has 1 aliphatic rings. The van der Waals surface area contributed by atoms with Crippen LogP contribution < -0.4 is 5.32 Å². The minimum absolute atomic E-state index is 0. The lowest BCUT2D eigenvalue weighted by Crippen LogP contribution is -2.19. The first kappa shape index (κ1) is 8.21. The van der Waals surface area contributed by atoms with E-state index < -0.39 is 0 Å². The standard InChI is InChI=1S/C5H11NO.ClH/c7-4-3-6-5-1-2-5;/h5-7H,1-4H2;1H. The molecule has 0 unspecified atom stereocenters. The first-order valence-electron chi connectivity index (χ1n) is 2.77. The van der Waals surface area contributed by atoms with Gasteiger partial charge in [0.1, 0.15) is 0 Å². The molecule has 2 N–H and O–H groups in total. The monoisotopic (exact) mass is 137 g/mol. The Kier molecular flexibility index (Phi) is 4.23. The van der Waals surface area contributed by atoms with Crippen LogP contribution in [0.15, 0.2) is 0 Å². The van der Waals surface area contributed by atoms with Crippen LogP contribution in [-0.4, -0.2) is 24.3 Å². The molecule has 0 aromatic heterocycles. The van der Waals surface area contributed by atoms with Gasteiger partial charge in [0.15, 0.2) is 0 Å². The molecule has 8 heavy (non-hydrogen) atoms. The van der Waals surface area contributed by atoms with Crippen LogP contribution in [-0.2, 0) is 0 Å². The Labute approximate surface area is 55.7 Å². The van der Waals surface area contributed by atoms with Crippen LogP contribution in [0.25, 0.3) is 0 Å². The lowest BCUT2D eigenvalue weighted by atomic mass is 10.6. The van der Waals surface area contributed by atoms with Crippen molar-refractivity contribution in [1.82, 2.24) is 5.32 Å². The number of hydrogen-bond donors (Lipinski definition) is 2. The summed E-state index contributed by atoms with van der Waals surface area (Å²) < 4.78 is 0. The molecule has 0 aromatic rings. The number of nitrogens with one attached hydrogen (secondary N) is 1. The average Bonchev–Trinajstić information content (AvgIpc) is 2.42. The fraction of sp³-hybridized carbons (Fsp3) is 1.00. The molecule has 0 aromatic carbocycles. The Morgan fingerprint density at radius 1 is 1.50 bits per heavy atom. The summed E-state index contributed by atoms with van der Waals surface area (Å²) in [4.78, 5) is 0. The molecule has 0 amide bonds. The summed E-state index contributed by atoms with van der Waals surface area (Å²) in [6, 6.07) is 0.743. The van der Waals surface area contributed by atoms with Gasteiger partial charge in [0.05, 0.1) is 6.61 Å². The smallest absolute Gasteiger partial charge is 0.0556 e. The van der Waals surface area contributed by atoms with Gasteiger partial charge in [-0.3, -0.25) is 0 Å². The Morgan fingerprint density at radius 2 is 2.12 bits per heavy atom. The van der Waals surface area contributed by atoms with Crippen molar-refractivity contribution in [3.8, 4) is 0 Å². The normalized spacial score (nSPS) is 17.6. The molecule has 0 atom stereocenters. The first-order valence-corrected chi connectivity index (χ1v) is 2.77. The molecule has 1 saturated carbocycles. The van der Waals surface area contributed by atoms with E-state index >= 15 is 0 Å². The van der Waals surface area contributed by atoms with Gasteiger partial charge >= 0.3 is 0 Å². The molecule has 0 spiro atoms. The highest BCUT2D eigenvalue weighted by molar-refractivity contribution is 5.85. The lowest BCUT2D eigenvalue weighted by Gasteiger charge is -1.94. The maximum Gasteiger partial charge on any atom is 0.0556 e. The summed E-state index contributed by atoms with van der Waals surface area (Å²) in [5.74, 6) is 0. The van der Waals surface area contributed by atoms with E-state index in [4.69, 9.17) is 5.11 Å². The van der Waals surface area contributed by atoms with Crippen molar-refractivity contribution in [3.63, 3.8) is 0 Å². The SMILES string of the molecule is Cl.OCCNC1CC1. The van der Waals surface area contributed by atoms with Gasteiger partial charge in [-0.2, -0.15) is 0 Å². The topological polar surface area (TPSA) is 32.3 Å². The van der Waals surface area contributed by atoms with E-state index in [1.807, 2.05) is 0 Å². The van der Waals surface area contributed by atoms with Gasteiger partial charge < -0.3 is 10.4 Å². The molecule has 1 fully saturated rings. The molecule has 0 heterocycles. The predicted octanol–water partition coefficient (Wildman–Crippen LogP) is 0.152. The minimum Gasteiger partial charge on any atom is -0.395 e. The van der Waals surface area contributed by atoms with Crippen molar-refractivity contribution in [2.24, 2.45) is 0 Å². The third-order valence-electron chi connectivity index (χ3n) is 1.12. The Hall–Kier alpha value is 0.210. The summed E-state index contributed by atoms with van der Waals surface area (Å²) in [6.07, 6.45) is 2.61. The fourth-order valence-corrected chi connectivity index (χ4v) is 0.556. The molecule has 1 aliphatic carbocycles. The zero-order valence-corrected chi connectivity index (χ0v) is 5.58. The minimum atomic E-state index is 0. The summed E-state index contributed by atoms with van der Waals surface area (Å²) >= 11 is 0. The maximum atomic E-state index is 8.28. The van der Waals surface area contributed by atoms with Crippen molar-refractivity contribution < 1.29 is 5.11 Å². The summed E-state index contributed by atoms with van der Waals surface area (Å²) in [6.45, 7) is 1.04. The van der Waals surface area contributed by atoms with Gasteiger partial charge in [-0.15, -0.1) is 12.4 Å². The van der Waals surface area contributed by atoms with E-state index in [9.17, 15) is 0 Å². The van der Waals surface area contributed by atoms with E-state index in [0.717, 1.165) is 12.6 Å². The second-order valence-corrected chi connectivity index (χ2v) is 1.95. The average molecular weight is 138 g/mol.